The van der Waals surface area contributed by atoms with Crippen molar-refractivity contribution in [2.45, 2.75) is 19.8 Å². The van der Waals surface area contributed by atoms with E-state index in [-0.39, 0.29) is 12.0 Å². The summed E-state index contributed by atoms with van der Waals surface area (Å²) in [6.45, 7) is 4.26. The fourth-order valence-corrected chi connectivity index (χ4v) is 1.40. The third-order valence-corrected chi connectivity index (χ3v) is 2.22. The monoisotopic (exact) mass is 254 g/mol. The Hall–Kier alpha value is -1.63. The van der Waals surface area contributed by atoms with Gasteiger partial charge in [0.25, 0.3) is 0 Å². The first-order chi connectivity index (χ1) is 8.61. The molecular weight excluding hydrogens is 232 g/mol. The van der Waals surface area contributed by atoms with Crippen LogP contribution in [0.4, 0.5) is 11.9 Å². The topological polar surface area (TPSA) is 89.2 Å². The number of hydrogen-bond donors (Lipinski definition) is 2. The molecule has 7 nitrogen and oxygen atoms in total. The van der Waals surface area contributed by atoms with E-state index in [0.29, 0.717) is 12.6 Å². The molecule has 0 fully saturated rings. The van der Waals surface area contributed by atoms with Crippen LogP contribution in [0.15, 0.2) is 0 Å². The van der Waals surface area contributed by atoms with E-state index >= 15 is 0 Å². The van der Waals surface area contributed by atoms with Crippen LogP contribution >= 0.6 is 0 Å². The Labute approximate surface area is 108 Å². The van der Waals surface area contributed by atoms with Gasteiger partial charge in [-0.05, 0) is 40.4 Å². The van der Waals surface area contributed by atoms with Crippen LogP contribution in [0.25, 0.3) is 0 Å². The van der Waals surface area contributed by atoms with Gasteiger partial charge in [-0.1, -0.05) is 0 Å². The first kappa shape index (κ1) is 14.4. The maximum absolute atomic E-state index is 5.57. The largest absolute Gasteiger partial charge is 0.464 e. The molecule has 1 heterocycles. The number of ether oxygens (including phenoxy) is 1. The van der Waals surface area contributed by atoms with Crippen LogP contribution in [0.2, 0.25) is 0 Å². The van der Waals surface area contributed by atoms with Crippen molar-refractivity contribution in [1.82, 2.24) is 19.9 Å². The Morgan fingerprint density at radius 1 is 1.22 bits per heavy atom. The molecule has 0 saturated carbocycles. The molecule has 3 N–H and O–H groups in total. The highest BCUT2D eigenvalue weighted by atomic mass is 16.5. The molecule has 18 heavy (non-hydrogen) atoms. The highest BCUT2D eigenvalue weighted by Gasteiger charge is 2.04. The number of hydrogen-bond acceptors (Lipinski definition) is 7. The summed E-state index contributed by atoms with van der Waals surface area (Å²) in [5, 5.41) is 3.12. The van der Waals surface area contributed by atoms with E-state index < -0.39 is 0 Å². The van der Waals surface area contributed by atoms with Gasteiger partial charge in [0.15, 0.2) is 0 Å². The lowest BCUT2D eigenvalue weighted by molar-refractivity contribution is 0.312. The maximum Gasteiger partial charge on any atom is 0.323 e. The fourth-order valence-electron chi connectivity index (χ4n) is 1.40. The fraction of sp³-hybridized carbons (Fsp3) is 0.727. The van der Waals surface area contributed by atoms with Gasteiger partial charge in [-0.2, -0.15) is 15.0 Å². The molecule has 0 radical (unpaired) electrons. The van der Waals surface area contributed by atoms with E-state index in [1.165, 1.54) is 0 Å². The summed E-state index contributed by atoms with van der Waals surface area (Å²) in [4.78, 5) is 14.2. The Balaban J connectivity index is 2.37. The van der Waals surface area contributed by atoms with E-state index in [0.717, 1.165) is 25.9 Å². The average molecular weight is 254 g/mol. The normalized spacial score (nSPS) is 10.7. The van der Waals surface area contributed by atoms with E-state index in [2.05, 4.69) is 39.3 Å². The highest BCUT2D eigenvalue weighted by molar-refractivity contribution is 5.32. The third-order valence-electron chi connectivity index (χ3n) is 2.22. The zero-order valence-corrected chi connectivity index (χ0v) is 11.3. The molecule has 0 aliphatic heterocycles. The number of anilines is 2. The van der Waals surface area contributed by atoms with Gasteiger partial charge in [-0.3, -0.25) is 0 Å². The Kier molecular flexibility index (Phi) is 6.13. The second kappa shape index (κ2) is 7.65. The molecular formula is C11H22N6O. The minimum absolute atomic E-state index is 0.171. The van der Waals surface area contributed by atoms with E-state index in [4.69, 9.17) is 10.5 Å². The molecule has 0 unspecified atom stereocenters. The lowest BCUT2D eigenvalue weighted by Crippen LogP contribution is -2.15. The van der Waals surface area contributed by atoms with Crippen molar-refractivity contribution in [3.8, 4) is 6.01 Å². The Morgan fingerprint density at radius 2 is 2.00 bits per heavy atom. The molecule has 0 bridgehead atoms. The van der Waals surface area contributed by atoms with Gasteiger partial charge in [-0.25, -0.2) is 0 Å². The number of rotatable bonds is 8. The van der Waals surface area contributed by atoms with Crippen LogP contribution in [-0.4, -0.2) is 53.6 Å². The molecule has 7 heteroatoms. The van der Waals surface area contributed by atoms with Gasteiger partial charge < -0.3 is 20.7 Å². The smallest absolute Gasteiger partial charge is 0.323 e. The van der Waals surface area contributed by atoms with Crippen molar-refractivity contribution in [3.05, 3.63) is 0 Å². The van der Waals surface area contributed by atoms with Crippen LogP contribution in [0.1, 0.15) is 19.8 Å². The number of unbranched alkanes of at least 4 members (excludes halogenated alkanes) is 1. The molecule has 0 aliphatic carbocycles. The molecule has 0 aliphatic rings. The summed E-state index contributed by atoms with van der Waals surface area (Å²) in [5.74, 6) is 0.639. The summed E-state index contributed by atoms with van der Waals surface area (Å²) >= 11 is 0. The highest BCUT2D eigenvalue weighted by Crippen LogP contribution is 2.08. The summed E-state index contributed by atoms with van der Waals surface area (Å²) in [6, 6.07) is 0.265. The molecule has 0 atom stereocenters. The second-order valence-corrected chi connectivity index (χ2v) is 4.17. The SMILES string of the molecule is CCOc1nc(N)nc(NCCCCN(C)C)n1. The number of nitrogens with one attached hydrogen (secondary N) is 1. The van der Waals surface area contributed by atoms with Gasteiger partial charge >= 0.3 is 6.01 Å². The second-order valence-electron chi connectivity index (χ2n) is 4.17. The van der Waals surface area contributed by atoms with Gasteiger partial charge in [0.2, 0.25) is 11.9 Å². The number of nitrogens with two attached hydrogens (primary N) is 1. The summed E-state index contributed by atoms with van der Waals surface area (Å²) in [7, 11) is 4.13. The quantitative estimate of drug-likeness (QED) is 0.657. The predicted octanol–water partition coefficient (Wildman–Crippen LogP) is 0.606. The van der Waals surface area contributed by atoms with Gasteiger partial charge in [-0.15, -0.1) is 0 Å². The van der Waals surface area contributed by atoms with E-state index in [1.807, 2.05) is 6.92 Å². The lowest BCUT2D eigenvalue weighted by Gasteiger charge is -2.10. The van der Waals surface area contributed by atoms with Gasteiger partial charge in [0.1, 0.15) is 0 Å². The molecule has 0 saturated heterocycles. The summed E-state index contributed by atoms with van der Waals surface area (Å²) in [6.07, 6.45) is 2.17. The lowest BCUT2D eigenvalue weighted by atomic mass is 10.3. The molecule has 0 aromatic carbocycles. The number of aromatic nitrogens is 3. The van der Waals surface area contributed by atoms with Crippen molar-refractivity contribution < 1.29 is 4.74 Å². The molecule has 1 aromatic rings. The molecule has 102 valence electrons. The van der Waals surface area contributed by atoms with E-state index in [9.17, 15) is 0 Å². The zero-order valence-electron chi connectivity index (χ0n) is 11.3. The minimum Gasteiger partial charge on any atom is -0.464 e. The molecule has 0 spiro atoms. The molecule has 1 aromatic heterocycles. The average Bonchev–Trinajstić information content (AvgIpc) is 2.28. The van der Waals surface area contributed by atoms with Crippen molar-refractivity contribution in [1.29, 1.82) is 0 Å². The standard InChI is InChI=1S/C11H22N6O/c1-4-18-11-15-9(12)14-10(16-11)13-7-5-6-8-17(2)3/h4-8H2,1-3H3,(H3,12,13,14,15,16). The van der Waals surface area contributed by atoms with Crippen LogP contribution in [0.3, 0.4) is 0 Å². The Bertz CT molecular complexity index is 357. The molecule has 0 amide bonds. The summed E-state index contributed by atoms with van der Waals surface area (Å²) in [5.41, 5.74) is 5.57. The number of nitrogen functional groups attached to an aromatic ring is 1. The van der Waals surface area contributed by atoms with Crippen molar-refractivity contribution >= 4 is 11.9 Å². The van der Waals surface area contributed by atoms with Gasteiger partial charge in [0, 0.05) is 6.54 Å². The van der Waals surface area contributed by atoms with Crippen LogP contribution in [-0.2, 0) is 0 Å². The number of nitrogens with zero attached hydrogens (tertiary/aromatic N) is 4. The Morgan fingerprint density at radius 3 is 2.67 bits per heavy atom. The van der Waals surface area contributed by atoms with Crippen molar-refractivity contribution in [2.24, 2.45) is 0 Å². The van der Waals surface area contributed by atoms with Gasteiger partial charge in [0.05, 0.1) is 6.61 Å². The minimum atomic E-state index is 0.171. The molecule has 1 rings (SSSR count). The van der Waals surface area contributed by atoms with Crippen molar-refractivity contribution in [2.75, 3.05) is 44.8 Å². The zero-order chi connectivity index (χ0) is 13.4. The maximum atomic E-state index is 5.57. The third kappa shape index (κ3) is 5.62. The van der Waals surface area contributed by atoms with Crippen molar-refractivity contribution in [3.63, 3.8) is 0 Å². The summed E-state index contributed by atoms with van der Waals surface area (Å²) < 4.78 is 5.20. The van der Waals surface area contributed by atoms with E-state index in [1.54, 1.807) is 0 Å². The first-order valence-corrected chi connectivity index (χ1v) is 6.14. The predicted molar refractivity (Wildman–Crippen MR) is 71.7 cm³/mol. The van der Waals surface area contributed by atoms with Crippen LogP contribution < -0.4 is 15.8 Å². The first-order valence-electron chi connectivity index (χ1n) is 6.14. The van der Waals surface area contributed by atoms with Crippen LogP contribution in [0, 0.1) is 0 Å². The van der Waals surface area contributed by atoms with Crippen LogP contribution in [0.5, 0.6) is 6.01 Å².